The molecule has 0 aliphatic rings. The van der Waals surface area contributed by atoms with E-state index in [0.717, 1.165) is 101 Å². The number of unbranched alkanes of at least 4 members (excludes halogenated alkanes) is 7. The lowest BCUT2D eigenvalue weighted by molar-refractivity contribution is 0.300. The van der Waals surface area contributed by atoms with E-state index >= 15 is 0 Å². The van der Waals surface area contributed by atoms with Gasteiger partial charge in [0.05, 0.1) is 35.7 Å². The molecule has 0 radical (unpaired) electrons. The summed E-state index contributed by atoms with van der Waals surface area (Å²) in [6.45, 7) is 5.16. The van der Waals surface area contributed by atoms with Crippen LogP contribution in [0.2, 0.25) is 0 Å². The van der Waals surface area contributed by atoms with E-state index in [1.807, 2.05) is 105 Å². The molecule has 0 fully saturated rings. The largest absolute Gasteiger partial charge is 0.507 e. The van der Waals surface area contributed by atoms with Crippen LogP contribution >= 0.6 is 0 Å². The number of hydrogen-bond donors (Lipinski definition) is 1. The van der Waals surface area contributed by atoms with Crippen LogP contribution in [0.1, 0.15) is 62.5 Å². The van der Waals surface area contributed by atoms with Crippen molar-refractivity contribution in [2.45, 2.75) is 65.2 Å². The Morgan fingerprint density at radius 1 is 0.586 bits per heavy atom. The van der Waals surface area contributed by atoms with Gasteiger partial charge in [-0.15, -0.1) is 5.11 Å². The topological polar surface area (TPSA) is 118 Å². The minimum atomic E-state index is -0.471. The van der Waals surface area contributed by atoms with Crippen molar-refractivity contribution in [2.24, 2.45) is 20.5 Å². The Bertz CT molecular complexity index is 2600. The molecule has 0 aliphatic heterocycles. The molecule has 0 spiro atoms. The molecule has 1 N–H and O–H groups in total. The molecule has 0 amide bonds. The maximum absolute atomic E-state index is 12.3. The molecule has 7 rings (SSSR count). The molecule has 1 aromatic heterocycles. The van der Waals surface area contributed by atoms with Gasteiger partial charge in [0, 0.05) is 29.1 Å². The molecule has 9 nitrogen and oxygen atoms in total. The molecule has 0 atom stereocenters. The van der Waals surface area contributed by atoms with Crippen molar-refractivity contribution in [3.05, 3.63) is 149 Å². The second-order valence-electron chi connectivity index (χ2n) is 14.5. The van der Waals surface area contributed by atoms with E-state index in [4.69, 9.17) is 19.0 Å². The average Bonchev–Trinajstić information content (AvgIpc) is 3.23. The van der Waals surface area contributed by atoms with Gasteiger partial charge in [0.15, 0.2) is 0 Å². The molecule has 294 valence electrons. The fourth-order valence-corrected chi connectivity index (χ4v) is 6.98. The summed E-state index contributed by atoms with van der Waals surface area (Å²) in [6, 6.07) is 40.1. The number of aryl methyl sites for hydroxylation is 2. The molecule has 0 saturated carbocycles. The second kappa shape index (κ2) is 19.5. The van der Waals surface area contributed by atoms with Crippen LogP contribution in [0.4, 0.5) is 22.7 Å². The van der Waals surface area contributed by atoms with Crippen molar-refractivity contribution in [3.63, 3.8) is 0 Å². The van der Waals surface area contributed by atoms with Crippen LogP contribution in [-0.2, 0) is 0 Å². The first kappa shape index (κ1) is 39.6. The predicted octanol–water partition coefficient (Wildman–Crippen LogP) is 14.3. The summed E-state index contributed by atoms with van der Waals surface area (Å²) >= 11 is 0. The Balaban J connectivity index is 0.836. The summed E-state index contributed by atoms with van der Waals surface area (Å²) < 4.78 is 17.7. The minimum absolute atomic E-state index is 0.0235. The smallest absolute Gasteiger partial charge is 0.336 e. The van der Waals surface area contributed by atoms with Crippen LogP contribution in [-0.4, -0.2) is 18.3 Å². The van der Waals surface area contributed by atoms with Gasteiger partial charge in [-0.2, -0.15) is 15.3 Å². The number of nitrogens with zero attached hydrogens (tertiary/aromatic N) is 4. The molecule has 0 unspecified atom stereocenters. The van der Waals surface area contributed by atoms with E-state index in [1.165, 1.54) is 12.5 Å². The maximum Gasteiger partial charge on any atom is 0.336 e. The van der Waals surface area contributed by atoms with Gasteiger partial charge in [0.2, 0.25) is 0 Å². The normalized spacial score (nSPS) is 11.6. The second-order valence-corrected chi connectivity index (χ2v) is 14.5. The minimum Gasteiger partial charge on any atom is -0.507 e. The van der Waals surface area contributed by atoms with Crippen LogP contribution in [0.15, 0.2) is 157 Å². The number of fused-ring (bicyclic) bond motifs is 2. The number of rotatable bonds is 18. The summed E-state index contributed by atoms with van der Waals surface area (Å²) in [5, 5.41) is 31.6. The zero-order valence-electron chi connectivity index (χ0n) is 33.1. The summed E-state index contributed by atoms with van der Waals surface area (Å²) in [5.74, 6) is 1.24. The molecular formula is C49H48N4O5. The first-order chi connectivity index (χ1) is 28.4. The third kappa shape index (κ3) is 10.2. The molecule has 6 aromatic carbocycles. The molecule has 0 saturated heterocycles. The molecule has 58 heavy (non-hydrogen) atoms. The fourth-order valence-electron chi connectivity index (χ4n) is 6.98. The molecular weight excluding hydrogens is 725 g/mol. The molecule has 0 aliphatic carbocycles. The van der Waals surface area contributed by atoms with Gasteiger partial charge >= 0.3 is 5.63 Å². The Hall–Kier alpha value is -6.61. The number of hydrogen-bond acceptors (Lipinski definition) is 9. The molecule has 0 bridgehead atoms. The van der Waals surface area contributed by atoms with Crippen LogP contribution in [0.3, 0.4) is 0 Å². The number of azo groups is 2. The average molecular weight is 773 g/mol. The number of phenols is 1. The van der Waals surface area contributed by atoms with Crippen LogP contribution in [0.25, 0.3) is 32.9 Å². The van der Waals surface area contributed by atoms with Crippen molar-refractivity contribution in [2.75, 3.05) is 13.2 Å². The Labute approximate surface area is 338 Å². The number of aromatic hydroxyl groups is 1. The van der Waals surface area contributed by atoms with E-state index in [1.54, 1.807) is 12.1 Å². The predicted molar refractivity (Wildman–Crippen MR) is 232 cm³/mol. The quantitative estimate of drug-likeness (QED) is 0.0529. The van der Waals surface area contributed by atoms with Crippen molar-refractivity contribution in [1.82, 2.24) is 0 Å². The lowest BCUT2D eigenvalue weighted by Gasteiger charge is -2.11. The number of phenolic OH excluding ortho intramolecular Hbond substituents is 1. The highest BCUT2D eigenvalue weighted by Crippen LogP contribution is 2.39. The van der Waals surface area contributed by atoms with Crippen molar-refractivity contribution < 1.29 is 19.0 Å². The van der Waals surface area contributed by atoms with Crippen LogP contribution in [0, 0.1) is 13.8 Å². The summed E-state index contributed by atoms with van der Waals surface area (Å²) in [6.07, 6.45) is 8.61. The third-order valence-corrected chi connectivity index (χ3v) is 10.1. The van der Waals surface area contributed by atoms with Gasteiger partial charge in [-0.3, -0.25) is 0 Å². The van der Waals surface area contributed by atoms with Gasteiger partial charge in [-0.25, -0.2) is 4.79 Å². The summed E-state index contributed by atoms with van der Waals surface area (Å²) in [4.78, 5) is 12.3. The Kier molecular flexibility index (Phi) is 13.3. The van der Waals surface area contributed by atoms with Crippen molar-refractivity contribution in [3.8, 4) is 28.4 Å². The lowest BCUT2D eigenvalue weighted by atomic mass is 10.0. The van der Waals surface area contributed by atoms with Crippen molar-refractivity contribution >= 4 is 44.5 Å². The highest BCUT2D eigenvalue weighted by atomic mass is 16.5. The lowest BCUT2D eigenvalue weighted by Crippen LogP contribution is -2.00. The zero-order valence-corrected chi connectivity index (χ0v) is 33.1. The fraction of sp³-hybridized carbons (Fsp3) is 0.245. The van der Waals surface area contributed by atoms with Gasteiger partial charge in [0.1, 0.15) is 28.5 Å². The highest BCUT2D eigenvalue weighted by Gasteiger charge is 2.14. The monoisotopic (exact) mass is 772 g/mol. The van der Waals surface area contributed by atoms with Gasteiger partial charge in [-0.1, -0.05) is 117 Å². The van der Waals surface area contributed by atoms with E-state index in [9.17, 15) is 9.90 Å². The summed E-state index contributed by atoms with van der Waals surface area (Å²) in [7, 11) is 0. The SMILES string of the molecule is Cc1ccccc1/N=N/c1ccc(/N=N/c2c(OCCCCCCCCCCOc3cc(O)c4c(-c5ccccc5)cc(=O)oc4c3)ccc3ccccc23)c(C)c1. The van der Waals surface area contributed by atoms with Crippen LogP contribution in [0.5, 0.6) is 17.2 Å². The third-order valence-electron chi connectivity index (χ3n) is 10.1. The molecule has 7 aromatic rings. The summed E-state index contributed by atoms with van der Waals surface area (Å²) in [5.41, 5.74) is 6.44. The first-order valence-electron chi connectivity index (χ1n) is 20.1. The van der Waals surface area contributed by atoms with E-state index in [0.29, 0.717) is 35.5 Å². The standard InChI is InChI=1S/C49H48N4O5/c1-34-18-12-15-23-42(34)51-50-38-25-26-43(35(2)30-38)52-53-49-40-22-14-13-21-37(40)24-27-45(49)57-29-17-8-6-4-3-5-7-16-28-56-39-31-44(54)48-41(36-19-10-9-11-20-36)33-47(55)58-46(48)32-39/h9-15,18-27,30-33,54H,3-8,16-17,28-29H2,1-2H3/b51-50+,53-52+. The van der Waals surface area contributed by atoms with Gasteiger partial charge < -0.3 is 19.0 Å². The first-order valence-corrected chi connectivity index (χ1v) is 20.1. The Morgan fingerprint density at radius 3 is 2.03 bits per heavy atom. The zero-order chi connectivity index (χ0) is 40.1. The van der Waals surface area contributed by atoms with Crippen LogP contribution < -0.4 is 15.1 Å². The maximum atomic E-state index is 12.3. The van der Waals surface area contributed by atoms with Crippen molar-refractivity contribution in [1.29, 1.82) is 0 Å². The van der Waals surface area contributed by atoms with E-state index in [2.05, 4.69) is 33.5 Å². The molecule has 9 heteroatoms. The van der Waals surface area contributed by atoms with E-state index < -0.39 is 5.63 Å². The molecule has 1 heterocycles. The number of ether oxygens (including phenoxy) is 2. The van der Waals surface area contributed by atoms with E-state index in [-0.39, 0.29) is 5.75 Å². The highest BCUT2D eigenvalue weighted by molar-refractivity contribution is 5.98. The van der Waals surface area contributed by atoms with Gasteiger partial charge in [-0.05, 0) is 79.1 Å². The number of benzene rings is 6. The Morgan fingerprint density at radius 2 is 1.26 bits per heavy atom. The van der Waals surface area contributed by atoms with Gasteiger partial charge in [0.25, 0.3) is 0 Å².